The second-order valence-corrected chi connectivity index (χ2v) is 5.69. The molecule has 0 aliphatic rings. The van der Waals surface area contributed by atoms with Gasteiger partial charge in [0.05, 0.1) is 15.5 Å². The lowest BCUT2D eigenvalue weighted by Gasteiger charge is -2.05. The number of nitrogens with zero attached hydrogens (tertiary/aromatic N) is 2. The highest BCUT2D eigenvalue weighted by Gasteiger charge is 2.11. The number of thiophene rings is 1. The van der Waals surface area contributed by atoms with Gasteiger partial charge in [-0.05, 0) is 29.6 Å². The highest BCUT2D eigenvalue weighted by molar-refractivity contribution is 7.12. The maximum Gasteiger partial charge on any atom is 0.200 e. The van der Waals surface area contributed by atoms with E-state index in [2.05, 4.69) is 5.16 Å². The van der Waals surface area contributed by atoms with E-state index in [1.807, 2.05) is 11.4 Å². The van der Waals surface area contributed by atoms with Gasteiger partial charge in [-0.25, -0.2) is 4.74 Å². The molecular formula is C13H10Cl2N2O2S. The third-order valence-electron chi connectivity index (χ3n) is 2.48. The smallest absolute Gasteiger partial charge is 0.200 e. The number of halogens is 2. The number of hydrogen-bond donors (Lipinski definition) is 1. The van der Waals surface area contributed by atoms with E-state index >= 15 is 0 Å². The molecule has 0 amide bonds. The molecule has 2 aromatic rings. The first kappa shape index (κ1) is 14.8. The van der Waals surface area contributed by atoms with Crippen molar-refractivity contribution in [2.75, 3.05) is 6.54 Å². The second kappa shape index (κ2) is 6.74. The van der Waals surface area contributed by atoms with Crippen LogP contribution >= 0.6 is 34.5 Å². The zero-order chi connectivity index (χ0) is 14.5. The van der Waals surface area contributed by atoms with Gasteiger partial charge in [-0.2, -0.15) is 0 Å². The largest absolute Gasteiger partial charge is 0.623 e. The van der Waals surface area contributed by atoms with E-state index in [-0.39, 0.29) is 6.54 Å². The predicted octanol–water partition coefficient (Wildman–Crippen LogP) is 3.86. The molecule has 0 bridgehead atoms. The summed E-state index contributed by atoms with van der Waals surface area (Å²) in [4.78, 5) is 0.740. The van der Waals surface area contributed by atoms with Crippen molar-refractivity contribution in [1.82, 2.24) is 0 Å². The van der Waals surface area contributed by atoms with Gasteiger partial charge in [0.25, 0.3) is 0 Å². The summed E-state index contributed by atoms with van der Waals surface area (Å²) < 4.78 is 0.657. The molecule has 2 rings (SSSR count). The van der Waals surface area contributed by atoms with Crippen molar-refractivity contribution in [3.05, 3.63) is 61.4 Å². The highest BCUT2D eigenvalue weighted by Crippen LogP contribution is 2.19. The number of benzene rings is 1. The van der Waals surface area contributed by atoms with Gasteiger partial charge in [0.15, 0.2) is 18.5 Å². The first-order valence-corrected chi connectivity index (χ1v) is 7.22. The van der Waals surface area contributed by atoms with E-state index in [0.717, 1.165) is 4.88 Å². The Kier molecular flexibility index (Phi) is 5.00. The first-order chi connectivity index (χ1) is 9.60. The van der Waals surface area contributed by atoms with E-state index in [4.69, 9.17) is 28.4 Å². The summed E-state index contributed by atoms with van der Waals surface area (Å²) in [5.41, 5.74) is 0.853. The normalized spacial score (nSPS) is 12.7. The van der Waals surface area contributed by atoms with Gasteiger partial charge in [0, 0.05) is 5.02 Å². The molecule has 0 radical (unpaired) electrons. The molecule has 0 saturated heterocycles. The van der Waals surface area contributed by atoms with Crippen LogP contribution in [0.5, 0.6) is 0 Å². The van der Waals surface area contributed by atoms with Gasteiger partial charge in [-0.15, -0.1) is 11.3 Å². The fraction of sp³-hybridized carbons (Fsp3) is 0.0769. The van der Waals surface area contributed by atoms with E-state index in [9.17, 15) is 5.21 Å². The Morgan fingerprint density at radius 1 is 1.40 bits per heavy atom. The third-order valence-corrected chi connectivity index (χ3v) is 3.96. The first-order valence-electron chi connectivity index (χ1n) is 5.58. The maximum absolute atomic E-state index is 11.9. The van der Waals surface area contributed by atoms with Crippen LogP contribution in [0.1, 0.15) is 10.4 Å². The van der Waals surface area contributed by atoms with Crippen LogP contribution in [0.4, 0.5) is 0 Å². The molecule has 1 heterocycles. The van der Waals surface area contributed by atoms with Crippen molar-refractivity contribution in [2.45, 2.75) is 0 Å². The summed E-state index contributed by atoms with van der Waals surface area (Å²) >= 11 is 13.2. The number of oxime groups is 1. The summed E-state index contributed by atoms with van der Waals surface area (Å²) in [5, 5.41) is 26.8. The molecule has 0 atom stereocenters. The van der Waals surface area contributed by atoms with Crippen LogP contribution in [-0.2, 0) is 0 Å². The van der Waals surface area contributed by atoms with Crippen LogP contribution in [0.3, 0.4) is 0 Å². The summed E-state index contributed by atoms with van der Waals surface area (Å²) in [6.45, 7) is -0.0734. The molecule has 104 valence electrons. The van der Waals surface area contributed by atoms with Gasteiger partial charge >= 0.3 is 0 Å². The van der Waals surface area contributed by atoms with Gasteiger partial charge < -0.3 is 10.4 Å². The topological polar surface area (TPSA) is 58.7 Å². The lowest BCUT2D eigenvalue weighted by atomic mass is 10.2. The Bertz CT molecular complexity index is 654. The minimum Gasteiger partial charge on any atom is -0.623 e. The molecule has 20 heavy (non-hydrogen) atoms. The standard InChI is InChI=1S/C13H10Cl2N2O2S/c14-10-4-3-9(11(15)6-10)7-17(19)8-12(16-18)13-2-1-5-20-13/h1-7,18H,8H2/b16-12+,17-7-. The van der Waals surface area contributed by atoms with Crippen LogP contribution in [0.2, 0.25) is 10.0 Å². The van der Waals surface area contributed by atoms with Crippen LogP contribution in [-0.4, -0.2) is 28.4 Å². The summed E-state index contributed by atoms with van der Waals surface area (Å²) in [5.74, 6) is 0. The van der Waals surface area contributed by atoms with E-state index in [1.54, 1.807) is 24.3 Å². The van der Waals surface area contributed by atoms with Crippen molar-refractivity contribution in [2.24, 2.45) is 5.16 Å². The fourth-order valence-corrected chi connectivity index (χ4v) is 2.72. The van der Waals surface area contributed by atoms with E-state index in [0.29, 0.717) is 26.1 Å². The molecule has 0 unspecified atom stereocenters. The molecule has 1 aromatic heterocycles. The molecule has 0 saturated carbocycles. The van der Waals surface area contributed by atoms with E-state index < -0.39 is 0 Å². The van der Waals surface area contributed by atoms with Crippen LogP contribution in [0.15, 0.2) is 40.9 Å². The number of hydroxylamine groups is 1. The Morgan fingerprint density at radius 2 is 2.20 bits per heavy atom. The Balaban J connectivity index is 2.19. The van der Waals surface area contributed by atoms with Crippen molar-refractivity contribution >= 4 is 46.5 Å². The molecule has 4 nitrogen and oxygen atoms in total. The maximum atomic E-state index is 11.9. The monoisotopic (exact) mass is 328 g/mol. The zero-order valence-electron chi connectivity index (χ0n) is 10.2. The van der Waals surface area contributed by atoms with Crippen LogP contribution in [0.25, 0.3) is 0 Å². The van der Waals surface area contributed by atoms with Gasteiger partial charge in [-0.3, -0.25) is 0 Å². The molecular weight excluding hydrogens is 319 g/mol. The molecule has 0 aliphatic carbocycles. The fourth-order valence-electron chi connectivity index (χ4n) is 1.56. The molecule has 1 aromatic carbocycles. The second-order valence-electron chi connectivity index (χ2n) is 3.89. The minimum absolute atomic E-state index is 0.0734. The number of hydrogen-bond acceptors (Lipinski definition) is 4. The Morgan fingerprint density at radius 3 is 2.80 bits per heavy atom. The summed E-state index contributed by atoms with van der Waals surface area (Å²) in [7, 11) is 0. The van der Waals surface area contributed by atoms with Crippen molar-refractivity contribution in [3.63, 3.8) is 0 Å². The zero-order valence-corrected chi connectivity index (χ0v) is 12.5. The molecule has 0 spiro atoms. The highest BCUT2D eigenvalue weighted by atomic mass is 35.5. The summed E-state index contributed by atoms with van der Waals surface area (Å²) in [6.07, 6.45) is 1.33. The van der Waals surface area contributed by atoms with Crippen molar-refractivity contribution in [1.29, 1.82) is 0 Å². The lowest BCUT2D eigenvalue weighted by molar-refractivity contribution is -0.434. The molecule has 1 N–H and O–H groups in total. The van der Waals surface area contributed by atoms with Gasteiger partial charge in [0.1, 0.15) is 0 Å². The molecule has 7 heteroatoms. The Hall–Kier alpha value is -1.56. The lowest BCUT2D eigenvalue weighted by Crippen LogP contribution is -2.17. The minimum atomic E-state index is -0.0734. The Labute approximate surface area is 129 Å². The predicted molar refractivity (Wildman–Crippen MR) is 82.8 cm³/mol. The molecule has 0 aliphatic heterocycles. The van der Waals surface area contributed by atoms with E-state index in [1.165, 1.54) is 17.6 Å². The molecule has 0 fully saturated rings. The quantitative estimate of drug-likeness (QED) is 0.304. The average Bonchev–Trinajstić information content (AvgIpc) is 2.93. The van der Waals surface area contributed by atoms with Crippen molar-refractivity contribution in [3.8, 4) is 0 Å². The van der Waals surface area contributed by atoms with Crippen LogP contribution in [0, 0.1) is 5.21 Å². The summed E-state index contributed by atoms with van der Waals surface area (Å²) in [6, 6.07) is 8.45. The average molecular weight is 329 g/mol. The van der Waals surface area contributed by atoms with Gasteiger partial charge in [0.2, 0.25) is 0 Å². The third kappa shape index (κ3) is 3.72. The SMILES string of the molecule is [O-]/[N+](=C\c1ccc(Cl)cc1Cl)C/C(=N\O)c1cccs1. The van der Waals surface area contributed by atoms with Crippen LogP contribution < -0.4 is 0 Å². The number of rotatable bonds is 4. The van der Waals surface area contributed by atoms with Crippen molar-refractivity contribution < 1.29 is 9.95 Å². The van der Waals surface area contributed by atoms with Gasteiger partial charge in [-0.1, -0.05) is 34.4 Å².